The van der Waals surface area contributed by atoms with Gasteiger partial charge in [0.25, 0.3) is 0 Å². The summed E-state index contributed by atoms with van der Waals surface area (Å²) in [6.45, 7) is 0. The van der Waals surface area contributed by atoms with Crippen LogP contribution in [0.15, 0.2) is 41.8 Å². The second-order valence-corrected chi connectivity index (χ2v) is 5.88. The van der Waals surface area contributed by atoms with E-state index in [2.05, 4.69) is 5.32 Å². The van der Waals surface area contributed by atoms with Crippen molar-refractivity contribution in [3.63, 3.8) is 0 Å². The lowest BCUT2D eigenvalue weighted by atomic mass is 10.3. The quantitative estimate of drug-likeness (QED) is 0.831. The van der Waals surface area contributed by atoms with Crippen molar-refractivity contribution in [3.05, 3.63) is 52.5 Å². The zero-order valence-corrected chi connectivity index (χ0v) is 12.1. The van der Waals surface area contributed by atoms with Gasteiger partial charge in [-0.15, -0.1) is 23.1 Å². The second-order valence-electron chi connectivity index (χ2n) is 3.95. The van der Waals surface area contributed by atoms with Gasteiger partial charge in [-0.1, -0.05) is 6.07 Å². The smallest absolute Gasteiger partial charge is 0.234 e. The molecule has 0 aliphatic heterocycles. The molecule has 1 heterocycles. The van der Waals surface area contributed by atoms with Crippen molar-refractivity contribution < 1.29 is 14.0 Å². The Hall–Kier alpha value is -1.66. The van der Waals surface area contributed by atoms with Crippen molar-refractivity contribution in [2.75, 3.05) is 16.8 Å². The molecule has 0 unspecified atom stereocenters. The minimum absolute atomic E-state index is 0.0274. The second kappa shape index (κ2) is 7.21. The van der Waals surface area contributed by atoms with Gasteiger partial charge in [-0.2, -0.15) is 0 Å². The molecule has 0 aliphatic carbocycles. The van der Waals surface area contributed by atoms with Crippen LogP contribution in [0, 0.1) is 5.82 Å². The number of rotatable bonds is 6. The third-order valence-corrected chi connectivity index (χ3v) is 4.23. The monoisotopic (exact) mass is 309 g/mol. The first-order valence-corrected chi connectivity index (χ1v) is 7.88. The summed E-state index contributed by atoms with van der Waals surface area (Å²) in [5.74, 6) is -0.0645. The van der Waals surface area contributed by atoms with Crippen LogP contribution in [-0.2, 0) is 4.79 Å². The summed E-state index contributed by atoms with van der Waals surface area (Å²) in [6, 6.07) is 9.14. The molecule has 0 radical (unpaired) electrons. The first-order valence-electron chi connectivity index (χ1n) is 5.85. The number of nitrogens with one attached hydrogen (secondary N) is 1. The summed E-state index contributed by atoms with van der Waals surface area (Å²) in [5, 5.41) is 4.49. The van der Waals surface area contributed by atoms with Gasteiger partial charge in [0.2, 0.25) is 5.91 Å². The van der Waals surface area contributed by atoms with Crippen LogP contribution in [0.3, 0.4) is 0 Å². The summed E-state index contributed by atoms with van der Waals surface area (Å²) < 4.78 is 12.7. The Balaban J connectivity index is 1.73. The van der Waals surface area contributed by atoms with Gasteiger partial charge in [-0.3, -0.25) is 9.59 Å². The van der Waals surface area contributed by atoms with E-state index in [4.69, 9.17) is 0 Å². The number of Topliss-reactive ketones (excluding diaryl/α,β-unsaturated/α-hetero) is 1. The Kier molecular flexibility index (Phi) is 5.31. The molecular weight excluding hydrogens is 297 g/mol. The number of amides is 1. The van der Waals surface area contributed by atoms with E-state index < -0.39 is 0 Å². The fourth-order valence-corrected chi connectivity index (χ4v) is 2.93. The molecule has 1 aromatic heterocycles. The number of thioether (sulfide) groups is 1. The lowest BCUT2D eigenvalue weighted by Gasteiger charge is -2.04. The van der Waals surface area contributed by atoms with E-state index in [1.807, 2.05) is 11.4 Å². The zero-order valence-electron chi connectivity index (χ0n) is 10.5. The average molecular weight is 309 g/mol. The molecule has 1 amide bonds. The number of hydrogen-bond acceptors (Lipinski definition) is 4. The van der Waals surface area contributed by atoms with Crippen LogP contribution in [0.5, 0.6) is 0 Å². The molecule has 1 N–H and O–H groups in total. The Labute approximate surface area is 124 Å². The summed E-state index contributed by atoms with van der Waals surface area (Å²) in [4.78, 5) is 24.0. The highest BCUT2D eigenvalue weighted by atomic mass is 32.2. The Morgan fingerprint density at radius 2 is 1.90 bits per heavy atom. The topological polar surface area (TPSA) is 46.2 Å². The molecule has 0 saturated carbocycles. The molecule has 6 heteroatoms. The minimum Gasteiger partial charge on any atom is -0.325 e. The van der Waals surface area contributed by atoms with Crippen molar-refractivity contribution in [3.8, 4) is 0 Å². The van der Waals surface area contributed by atoms with E-state index in [1.54, 1.807) is 6.07 Å². The van der Waals surface area contributed by atoms with Gasteiger partial charge in [0, 0.05) is 5.69 Å². The number of carbonyl (C=O) groups is 2. The van der Waals surface area contributed by atoms with Crippen LogP contribution in [0.4, 0.5) is 10.1 Å². The van der Waals surface area contributed by atoms with Crippen molar-refractivity contribution in [2.45, 2.75) is 0 Å². The summed E-state index contributed by atoms with van der Waals surface area (Å²) in [5.41, 5.74) is 0.543. The van der Waals surface area contributed by atoms with Crippen LogP contribution >= 0.6 is 23.1 Å². The highest BCUT2D eigenvalue weighted by Gasteiger charge is 2.09. The highest BCUT2D eigenvalue weighted by Crippen LogP contribution is 2.14. The maximum atomic E-state index is 12.7. The van der Waals surface area contributed by atoms with E-state index in [-0.39, 0.29) is 29.0 Å². The lowest BCUT2D eigenvalue weighted by Crippen LogP contribution is -2.15. The molecule has 3 nitrogen and oxygen atoms in total. The number of halogens is 1. The molecule has 0 saturated heterocycles. The molecular formula is C14H12FNO2S2. The van der Waals surface area contributed by atoms with E-state index in [1.165, 1.54) is 47.4 Å². The summed E-state index contributed by atoms with van der Waals surface area (Å²) in [6.07, 6.45) is 0. The normalized spacial score (nSPS) is 10.2. The molecule has 2 aromatic rings. The van der Waals surface area contributed by atoms with Gasteiger partial charge in [-0.05, 0) is 35.7 Å². The number of carbonyl (C=O) groups excluding carboxylic acids is 2. The van der Waals surface area contributed by atoms with Crippen LogP contribution < -0.4 is 5.32 Å². The van der Waals surface area contributed by atoms with Gasteiger partial charge in [0.05, 0.1) is 16.4 Å². The van der Waals surface area contributed by atoms with E-state index in [0.717, 1.165) is 0 Å². The molecule has 0 aliphatic rings. The maximum Gasteiger partial charge on any atom is 0.234 e. The van der Waals surface area contributed by atoms with Crippen LogP contribution in [0.2, 0.25) is 0 Å². The first-order chi connectivity index (χ1) is 9.65. The third kappa shape index (κ3) is 4.47. The molecule has 0 spiro atoms. The maximum absolute atomic E-state index is 12.7. The minimum atomic E-state index is -0.348. The van der Waals surface area contributed by atoms with Gasteiger partial charge in [0.15, 0.2) is 5.78 Å². The van der Waals surface area contributed by atoms with Gasteiger partial charge >= 0.3 is 0 Å². The number of benzene rings is 1. The molecule has 104 valence electrons. The van der Waals surface area contributed by atoms with E-state index >= 15 is 0 Å². The Bertz CT molecular complexity index is 582. The highest BCUT2D eigenvalue weighted by molar-refractivity contribution is 8.00. The Morgan fingerprint density at radius 3 is 2.55 bits per heavy atom. The van der Waals surface area contributed by atoms with Crippen molar-refractivity contribution in [1.82, 2.24) is 0 Å². The predicted molar refractivity (Wildman–Crippen MR) is 81.0 cm³/mol. The number of hydrogen-bond donors (Lipinski definition) is 1. The fourth-order valence-electron chi connectivity index (χ4n) is 1.48. The number of thiophene rings is 1. The van der Waals surface area contributed by atoms with Crippen molar-refractivity contribution >= 4 is 40.5 Å². The molecule has 0 atom stereocenters. The average Bonchev–Trinajstić information content (AvgIpc) is 2.95. The standard InChI is InChI=1S/C14H12FNO2S2/c15-10-3-5-11(6-4-10)16-14(18)9-19-8-12(17)13-2-1-7-20-13/h1-7H,8-9H2,(H,16,18). The molecule has 0 fully saturated rings. The van der Waals surface area contributed by atoms with Gasteiger partial charge in [0.1, 0.15) is 5.82 Å². The zero-order chi connectivity index (χ0) is 14.4. The predicted octanol–water partition coefficient (Wildman–Crippen LogP) is 3.44. The van der Waals surface area contributed by atoms with Gasteiger partial charge in [-0.25, -0.2) is 4.39 Å². The first kappa shape index (κ1) is 14.7. The molecule has 20 heavy (non-hydrogen) atoms. The number of ketones is 1. The van der Waals surface area contributed by atoms with Crippen LogP contribution in [-0.4, -0.2) is 23.2 Å². The largest absolute Gasteiger partial charge is 0.325 e. The molecule has 2 rings (SSSR count). The molecule has 0 bridgehead atoms. The summed E-state index contributed by atoms with van der Waals surface area (Å²) in [7, 11) is 0. The SMILES string of the molecule is O=C(CSCC(=O)c1cccs1)Nc1ccc(F)cc1. The Morgan fingerprint density at radius 1 is 1.15 bits per heavy atom. The van der Waals surface area contributed by atoms with Crippen molar-refractivity contribution in [2.24, 2.45) is 0 Å². The van der Waals surface area contributed by atoms with Crippen LogP contribution in [0.1, 0.15) is 9.67 Å². The van der Waals surface area contributed by atoms with E-state index in [9.17, 15) is 14.0 Å². The van der Waals surface area contributed by atoms with Gasteiger partial charge < -0.3 is 5.32 Å². The number of anilines is 1. The van der Waals surface area contributed by atoms with Crippen LogP contribution in [0.25, 0.3) is 0 Å². The third-order valence-electron chi connectivity index (χ3n) is 2.39. The summed E-state index contributed by atoms with van der Waals surface area (Å²) >= 11 is 2.66. The molecule has 1 aromatic carbocycles. The lowest BCUT2D eigenvalue weighted by molar-refractivity contribution is -0.113. The van der Waals surface area contributed by atoms with E-state index in [0.29, 0.717) is 10.6 Å². The van der Waals surface area contributed by atoms with Crippen molar-refractivity contribution in [1.29, 1.82) is 0 Å². The fraction of sp³-hybridized carbons (Fsp3) is 0.143.